The topological polar surface area (TPSA) is 103 Å². The summed E-state index contributed by atoms with van der Waals surface area (Å²) in [5.74, 6) is 0.00886. The molecule has 2 atom stereocenters. The molecular formula is C23H31N3O6. The lowest BCUT2D eigenvalue weighted by atomic mass is 10.0. The zero-order valence-corrected chi connectivity index (χ0v) is 18.8. The Morgan fingerprint density at radius 3 is 2.62 bits per heavy atom. The predicted octanol–water partition coefficient (Wildman–Crippen LogP) is 3.32. The second-order valence-electron chi connectivity index (χ2n) is 7.38. The van der Waals surface area contributed by atoms with Gasteiger partial charge in [-0.1, -0.05) is 37.3 Å². The lowest BCUT2D eigenvalue weighted by molar-refractivity contribution is 0.0252. The summed E-state index contributed by atoms with van der Waals surface area (Å²) in [5.41, 5.74) is 1.13. The van der Waals surface area contributed by atoms with Crippen LogP contribution in [0.5, 0.6) is 0 Å². The van der Waals surface area contributed by atoms with Gasteiger partial charge in [-0.3, -0.25) is 0 Å². The molecule has 174 valence electrons. The number of anilines is 1. The first kappa shape index (κ1) is 23.6. The third kappa shape index (κ3) is 6.00. The molecule has 2 aromatic rings. The average Bonchev–Trinajstić information content (AvgIpc) is 3.24. The van der Waals surface area contributed by atoms with E-state index in [1.807, 2.05) is 49.1 Å². The highest BCUT2D eigenvalue weighted by atomic mass is 16.6. The number of benzene rings is 1. The number of hydrogen-bond donors (Lipinski definition) is 1. The maximum Gasteiger partial charge on any atom is 0.407 e. The molecule has 1 saturated heterocycles. The van der Waals surface area contributed by atoms with Gasteiger partial charge in [0.2, 0.25) is 0 Å². The molecule has 9 nitrogen and oxygen atoms in total. The Balaban J connectivity index is 1.62. The monoisotopic (exact) mass is 445 g/mol. The number of nitrogens with one attached hydrogen (secondary N) is 1. The first-order chi connectivity index (χ1) is 15.5. The lowest BCUT2D eigenvalue weighted by Gasteiger charge is -2.37. The van der Waals surface area contributed by atoms with Crippen molar-refractivity contribution >= 4 is 18.1 Å². The Hall–Kier alpha value is -3.07. The van der Waals surface area contributed by atoms with Gasteiger partial charge in [-0.05, 0) is 25.8 Å². The Kier molecular flexibility index (Phi) is 8.49. The largest absolute Gasteiger partial charge is 0.461 e. The normalized spacial score (nSPS) is 18.3. The highest BCUT2D eigenvalue weighted by molar-refractivity contribution is 5.88. The van der Waals surface area contributed by atoms with E-state index in [1.54, 1.807) is 6.92 Å². The number of rotatable bonds is 9. The zero-order chi connectivity index (χ0) is 22.9. The summed E-state index contributed by atoms with van der Waals surface area (Å²) < 4.78 is 22.2. The van der Waals surface area contributed by atoms with Crippen LogP contribution in [0.3, 0.4) is 0 Å². The van der Waals surface area contributed by atoms with E-state index >= 15 is 0 Å². The second-order valence-corrected chi connectivity index (χ2v) is 7.38. The van der Waals surface area contributed by atoms with Gasteiger partial charge in [0, 0.05) is 19.6 Å². The van der Waals surface area contributed by atoms with Gasteiger partial charge in [-0.2, -0.15) is 4.98 Å². The van der Waals surface area contributed by atoms with E-state index < -0.39 is 12.1 Å². The van der Waals surface area contributed by atoms with Crippen LogP contribution in [0.2, 0.25) is 0 Å². The average molecular weight is 446 g/mol. The number of ether oxygens (including phenoxy) is 3. The number of alkyl carbamates (subject to hydrolysis) is 1. The summed E-state index contributed by atoms with van der Waals surface area (Å²) in [4.78, 5) is 30.8. The molecule has 0 bridgehead atoms. The number of hydrogen-bond acceptors (Lipinski definition) is 8. The van der Waals surface area contributed by atoms with E-state index in [0.717, 1.165) is 5.56 Å². The molecule has 3 rings (SSSR count). The number of aryl methyl sites for hydroxylation is 1. The fourth-order valence-electron chi connectivity index (χ4n) is 3.63. The van der Waals surface area contributed by atoms with Gasteiger partial charge in [-0.25, -0.2) is 9.59 Å². The van der Waals surface area contributed by atoms with Crippen molar-refractivity contribution in [1.82, 2.24) is 10.3 Å². The quantitative estimate of drug-likeness (QED) is 0.587. The third-order valence-electron chi connectivity index (χ3n) is 5.20. The van der Waals surface area contributed by atoms with Gasteiger partial charge >= 0.3 is 12.1 Å². The molecule has 1 aromatic heterocycles. The molecule has 1 aliphatic heterocycles. The summed E-state index contributed by atoms with van der Waals surface area (Å²) >= 11 is 0. The molecule has 0 spiro atoms. The smallest absolute Gasteiger partial charge is 0.407 e. The van der Waals surface area contributed by atoms with Crippen LogP contribution in [0.25, 0.3) is 0 Å². The van der Waals surface area contributed by atoms with E-state index in [0.29, 0.717) is 44.3 Å². The number of nitrogens with zero attached hydrogens (tertiary/aromatic N) is 2. The lowest BCUT2D eigenvalue weighted by Crippen LogP contribution is -2.55. The number of aromatic nitrogens is 1. The molecule has 0 aliphatic carbocycles. The Morgan fingerprint density at radius 2 is 1.94 bits per heavy atom. The Bertz CT molecular complexity index is 885. The summed E-state index contributed by atoms with van der Waals surface area (Å²) in [6.07, 6.45) is 0.386. The van der Waals surface area contributed by atoms with Gasteiger partial charge < -0.3 is 28.8 Å². The van der Waals surface area contributed by atoms with E-state index in [2.05, 4.69) is 10.3 Å². The molecule has 0 radical (unpaired) electrons. The molecular weight excluding hydrogens is 414 g/mol. The van der Waals surface area contributed by atoms with Crippen molar-refractivity contribution in [3.63, 3.8) is 0 Å². The molecule has 9 heteroatoms. The van der Waals surface area contributed by atoms with Gasteiger partial charge in [-0.15, -0.1) is 0 Å². The van der Waals surface area contributed by atoms with Crippen LogP contribution >= 0.6 is 0 Å². The van der Waals surface area contributed by atoms with Crippen molar-refractivity contribution < 1.29 is 28.2 Å². The first-order valence-corrected chi connectivity index (χ1v) is 11.1. The van der Waals surface area contributed by atoms with Gasteiger partial charge in [0.05, 0.1) is 25.3 Å². The van der Waals surface area contributed by atoms with Crippen LogP contribution < -0.4 is 10.2 Å². The minimum atomic E-state index is -0.488. The van der Waals surface area contributed by atoms with Crippen LogP contribution in [-0.4, -0.2) is 55.5 Å². The molecule has 0 saturated carbocycles. The van der Waals surface area contributed by atoms with Crippen LogP contribution in [0.1, 0.15) is 49.0 Å². The van der Waals surface area contributed by atoms with E-state index in [-0.39, 0.29) is 31.1 Å². The second kappa shape index (κ2) is 11.5. The number of esters is 1. The fourth-order valence-corrected chi connectivity index (χ4v) is 3.63. The summed E-state index contributed by atoms with van der Waals surface area (Å²) in [6.45, 7) is 7.57. The van der Waals surface area contributed by atoms with Crippen molar-refractivity contribution in [3.05, 3.63) is 47.3 Å². The standard InChI is InChI=1S/C23H31N3O6/c1-4-18-20(21(27)30-6-3)25-22(32-18)26-13-12-17(19(14-26)29-5-2)24-23(28)31-15-16-10-8-7-9-11-16/h7-11,17,19H,4-6,12-15H2,1-3H3,(H,24,28)/t17-,19+/m1/s1. The molecule has 0 unspecified atom stereocenters. The molecule has 1 N–H and O–H groups in total. The molecule has 32 heavy (non-hydrogen) atoms. The molecule has 1 aromatic carbocycles. The van der Waals surface area contributed by atoms with E-state index in [9.17, 15) is 9.59 Å². The first-order valence-electron chi connectivity index (χ1n) is 11.1. The summed E-state index contributed by atoms with van der Waals surface area (Å²) in [5, 5.41) is 2.92. The molecule has 1 aliphatic rings. The number of amides is 1. The highest BCUT2D eigenvalue weighted by Gasteiger charge is 2.34. The van der Waals surface area contributed by atoms with Gasteiger partial charge in [0.25, 0.3) is 6.01 Å². The molecule has 1 amide bonds. The van der Waals surface area contributed by atoms with Crippen LogP contribution in [0.4, 0.5) is 10.8 Å². The van der Waals surface area contributed by atoms with E-state index in [1.165, 1.54) is 0 Å². The van der Waals surface area contributed by atoms with Crippen molar-refractivity contribution in [2.24, 2.45) is 0 Å². The SMILES string of the molecule is CCOC(=O)c1nc(N2CC[C@@H](NC(=O)OCc3ccccc3)[C@@H](OCC)C2)oc1CC. The maximum absolute atomic E-state index is 12.3. The summed E-state index contributed by atoms with van der Waals surface area (Å²) in [7, 11) is 0. The Morgan fingerprint density at radius 1 is 1.16 bits per heavy atom. The summed E-state index contributed by atoms with van der Waals surface area (Å²) in [6, 6.07) is 9.67. The van der Waals surface area contributed by atoms with Crippen molar-refractivity contribution in [2.75, 3.05) is 31.2 Å². The van der Waals surface area contributed by atoms with E-state index in [4.69, 9.17) is 18.6 Å². The van der Waals surface area contributed by atoms with Crippen molar-refractivity contribution in [1.29, 1.82) is 0 Å². The maximum atomic E-state index is 12.3. The van der Waals surface area contributed by atoms with Gasteiger partial charge in [0.1, 0.15) is 12.4 Å². The molecule has 1 fully saturated rings. The number of carbonyl (C=O) groups is 2. The Labute approximate surface area is 188 Å². The number of piperidine rings is 1. The highest BCUT2D eigenvalue weighted by Crippen LogP contribution is 2.25. The molecule has 2 heterocycles. The van der Waals surface area contributed by atoms with Gasteiger partial charge in [0.15, 0.2) is 5.69 Å². The van der Waals surface area contributed by atoms with Crippen molar-refractivity contribution in [3.8, 4) is 0 Å². The third-order valence-corrected chi connectivity index (χ3v) is 5.20. The predicted molar refractivity (Wildman–Crippen MR) is 118 cm³/mol. The zero-order valence-electron chi connectivity index (χ0n) is 18.8. The fraction of sp³-hybridized carbons (Fsp3) is 0.522. The van der Waals surface area contributed by atoms with Crippen LogP contribution in [-0.2, 0) is 27.2 Å². The number of oxazole rings is 1. The minimum Gasteiger partial charge on any atom is -0.461 e. The van der Waals surface area contributed by atoms with Crippen molar-refractivity contribution in [2.45, 2.75) is 52.4 Å². The number of carbonyl (C=O) groups excluding carboxylic acids is 2. The van der Waals surface area contributed by atoms with Crippen LogP contribution in [0, 0.1) is 0 Å². The van der Waals surface area contributed by atoms with Crippen LogP contribution in [0.15, 0.2) is 34.7 Å². The minimum absolute atomic E-state index is 0.206.